The molecule has 2 aromatic carbocycles. The molecule has 0 spiro atoms. The van der Waals surface area contributed by atoms with Gasteiger partial charge in [0.15, 0.2) is 0 Å². The Morgan fingerprint density at radius 2 is 1.85 bits per heavy atom. The van der Waals surface area contributed by atoms with Gasteiger partial charge in [0.1, 0.15) is 17.3 Å². The maximum Gasteiger partial charge on any atom is 0.255 e. The van der Waals surface area contributed by atoms with E-state index in [1.165, 1.54) is 14.2 Å². The van der Waals surface area contributed by atoms with Crippen LogP contribution in [-0.2, 0) is 6.54 Å². The van der Waals surface area contributed by atoms with Gasteiger partial charge in [0.05, 0.1) is 24.9 Å². The van der Waals surface area contributed by atoms with Crippen molar-refractivity contribution in [3.8, 4) is 11.5 Å². The van der Waals surface area contributed by atoms with Crippen molar-refractivity contribution in [2.75, 3.05) is 19.5 Å². The van der Waals surface area contributed by atoms with Crippen molar-refractivity contribution in [3.63, 3.8) is 0 Å². The fraction of sp³-hybridized carbons (Fsp3) is 0.200. The number of anilines is 1. The highest BCUT2D eigenvalue weighted by Crippen LogP contribution is 2.36. The van der Waals surface area contributed by atoms with Crippen LogP contribution >= 0.6 is 11.6 Å². The van der Waals surface area contributed by atoms with E-state index in [0.29, 0.717) is 34.3 Å². The molecular weight excluding hydrogens is 366 g/mol. The first-order valence-corrected chi connectivity index (χ1v) is 8.69. The summed E-state index contributed by atoms with van der Waals surface area (Å²) < 4.78 is 12.5. The van der Waals surface area contributed by atoms with E-state index in [4.69, 9.17) is 21.1 Å². The summed E-state index contributed by atoms with van der Waals surface area (Å²) in [6, 6.07) is 10.7. The number of nitrogens with zero attached hydrogens (tertiary/aromatic N) is 2. The quantitative estimate of drug-likeness (QED) is 0.691. The van der Waals surface area contributed by atoms with Crippen LogP contribution in [-0.4, -0.2) is 29.7 Å². The third-order valence-corrected chi connectivity index (χ3v) is 4.51. The average molecular weight is 386 g/mol. The number of aromatic nitrogens is 2. The molecule has 3 aromatic rings. The number of amides is 1. The number of ether oxygens (including phenoxy) is 2. The van der Waals surface area contributed by atoms with Gasteiger partial charge in [-0.15, -0.1) is 0 Å². The standard InChI is InChI=1S/C20H20ClN3O3/c1-13-22-8-9-24(13)12-14-4-6-15(7-5-14)20(25)23-17-11-18(26-2)16(21)10-19(17)27-3/h4-11H,12H2,1-3H3,(H,23,25). The summed E-state index contributed by atoms with van der Waals surface area (Å²) in [6.45, 7) is 2.66. The van der Waals surface area contributed by atoms with Crippen LogP contribution in [0.3, 0.4) is 0 Å². The molecule has 0 saturated carbocycles. The lowest BCUT2D eigenvalue weighted by Gasteiger charge is -2.13. The van der Waals surface area contributed by atoms with Crippen LogP contribution in [0.2, 0.25) is 5.02 Å². The Bertz CT molecular complexity index is 952. The van der Waals surface area contributed by atoms with Crippen molar-refractivity contribution >= 4 is 23.2 Å². The first-order valence-electron chi connectivity index (χ1n) is 8.31. The fourth-order valence-corrected chi connectivity index (χ4v) is 2.91. The van der Waals surface area contributed by atoms with Gasteiger partial charge in [0.2, 0.25) is 0 Å². The smallest absolute Gasteiger partial charge is 0.255 e. The van der Waals surface area contributed by atoms with Gasteiger partial charge >= 0.3 is 0 Å². The molecule has 0 unspecified atom stereocenters. The third kappa shape index (κ3) is 4.23. The number of carbonyl (C=O) groups excluding carboxylic acids is 1. The van der Waals surface area contributed by atoms with Crippen molar-refractivity contribution in [2.45, 2.75) is 13.5 Å². The Hall–Kier alpha value is -2.99. The number of hydrogen-bond donors (Lipinski definition) is 1. The van der Waals surface area contributed by atoms with Gasteiger partial charge in [0, 0.05) is 36.6 Å². The number of methoxy groups -OCH3 is 2. The SMILES string of the molecule is COc1cc(NC(=O)c2ccc(Cn3ccnc3C)cc2)c(OC)cc1Cl. The zero-order valence-corrected chi connectivity index (χ0v) is 16.1. The van der Waals surface area contributed by atoms with Crippen LogP contribution < -0.4 is 14.8 Å². The number of imidazole rings is 1. The highest BCUT2D eigenvalue weighted by Gasteiger charge is 2.14. The van der Waals surface area contributed by atoms with Gasteiger partial charge < -0.3 is 19.4 Å². The molecule has 3 rings (SSSR count). The second kappa shape index (κ2) is 8.14. The Morgan fingerprint density at radius 1 is 1.15 bits per heavy atom. The van der Waals surface area contributed by atoms with E-state index in [1.54, 1.807) is 30.5 Å². The lowest BCUT2D eigenvalue weighted by atomic mass is 10.1. The highest BCUT2D eigenvalue weighted by molar-refractivity contribution is 6.32. The minimum Gasteiger partial charge on any atom is -0.495 e. The van der Waals surface area contributed by atoms with Crippen molar-refractivity contribution in [2.24, 2.45) is 0 Å². The van der Waals surface area contributed by atoms with E-state index in [0.717, 1.165) is 11.4 Å². The van der Waals surface area contributed by atoms with E-state index in [1.807, 2.05) is 29.8 Å². The molecule has 0 aliphatic heterocycles. The molecule has 0 bridgehead atoms. The molecule has 27 heavy (non-hydrogen) atoms. The minimum absolute atomic E-state index is 0.247. The lowest BCUT2D eigenvalue weighted by Crippen LogP contribution is -2.13. The Labute approximate surface area is 162 Å². The molecule has 7 heteroatoms. The predicted molar refractivity (Wildman–Crippen MR) is 105 cm³/mol. The topological polar surface area (TPSA) is 65.4 Å². The molecule has 1 N–H and O–H groups in total. The summed E-state index contributed by atoms with van der Waals surface area (Å²) in [7, 11) is 3.03. The van der Waals surface area contributed by atoms with Crippen LogP contribution in [0.5, 0.6) is 11.5 Å². The van der Waals surface area contributed by atoms with Crippen LogP contribution in [0.25, 0.3) is 0 Å². The molecule has 1 aromatic heterocycles. The van der Waals surface area contributed by atoms with Gasteiger partial charge in [0.25, 0.3) is 5.91 Å². The van der Waals surface area contributed by atoms with Crippen LogP contribution in [0, 0.1) is 6.92 Å². The van der Waals surface area contributed by atoms with E-state index in [-0.39, 0.29) is 5.91 Å². The van der Waals surface area contributed by atoms with Gasteiger partial charge in [-0.1, -0.05) is 23.7 Å². The maximum absolute atomic E-state index is 12.6. The summed E-state index contributed by atoms with van der Waals surface area (Å²) in [5.41, 5.74) is 2.11. The first-order chi connectivity index (χ1) is 13.0. The Morgan fingerprint density at radius 3 is 2.44 bits per heavy atom. The second-order valence-electron chi connectivity index (χ2n) is 5.94. The Balaban J connectivity index is 1.76. The third-order valence-electron chi connectivity index (χ3n) is 4.21. The zero-order chi connectivity index (χ0) is 19.4. The normalized spacial score (nSPS) is 10.5. The molecule has 140 valence electrons. The molecule has 0 radical (unpaired) electrons. The van der Waals surface area contributed by atoms with Crippen LogP contribution in [0.1, 0.15) is 21.7 Å². The molecule has 0 aliphatic rings. The van der Waals surface area contributed by atoms with E-state index in [9.17, 15) is 4.79 Å². The molecular formula is C20H20ClN3O3. The molecule has 0 aliphatic carbocycles. The number of benzene rings is 2. The summed E-state index contributed by atoms with van der Waals surface area (Å²) >= 11 is 6.10. The average Bonchev–Trinajstić information content (AvgIpc) is 3.07. The number of nitrogens with one attached hydrogen (secondary N) is 1. The van der Waals surface area contributed by atoms with Crippen LogP contribution in [0.4, 0.5) is 5.69 Å². The van der Waals surface area contributed by atoms with Gasteiger partial charge in [-0.3, -0.25) is 4.79 Å². The second-order valence-corrected chi connectivity index (χ2v) is 6.35. The summed E-state index contributed by atoms with van der Waals surface area (Å²) in [5, 5.41) is 3.24. The largest absolute Gasteiger partial charge is 0.495 e. The molecule has 1 heterocycles. The van der Waals surface area contributed by atoms with E-state index >= 15 is 0 Å². The maximum atomic E-state index is 12.6. The number of aryl methyl sites for hydroxylation is 1. The number of rotatable bonds is 6. The van der Waals surface area contributed by atoms with E-state index < -0.39 is 0 Å². The van der Waals surface area contributed by atoms with E-state index in [2.05, 4.69) is 10.3 Å². The van der Waals surface area contributed by atoms with Crippen molar-refractivity contribution < 1.29 is 14.3 Å². The number of carbonyl (C=O) groups is 1. The first kappa shape index (κ1) is 18.8. The fourth-order valence-electron chi connectivity index (χ4n) is 2.68. The Kier molecular flexibility index (Phi) is 5.66. The number of halogens is 1. The summed E-state index contributed by atoms with van der Waals surface area (Å²) in [4.78, 5) is 16.8. The van der Waals surface area contributed by atoms with Gasteiger partial charge in [-0.05, 0) is 24.6 Å². The molecule has 6 nitrogen and oxygen atoms in total. The highest BCUT2D eigenvalue weighted by atomic mass is 35.5. The molecule has 1 amide bonds. The van der Waals surface area contributed by atoms with Crippen molar-refractivity contribution in [3.05, 3.63) is 70.8 Å². The lowest BCUT2D eigenvalue weighted by molar-refractivity contribution is 0.102. The van der Waals surface area contributed by atoms with Gasteiger partial charge in [-0.25, -0.2) is 4.98 Å². The van der Waals surface area contributed by atoms with Crippen molar-refractivity contribution in [1.29, 1.82) is 0 Å². The summed E-state index contributed by atoms with van der Waals surface area (Å²) in [6.07, 6.45) is 3.70. The monoisotopic (exact) mass is 385 g/mol. The van der Waals surface area contributed by atoms with Gasteiger partial charge in [-0.2, -0.15) is 0 Å². The zero-order valence-electron chi connectivity index (χ0n) is 15.3. The number of hydrogen-bond acceptors (Lipinski definition) is 4. The minimum atomic E-state index is -0.247. The summed E-state index contributed by atoms with van der Waals surface area (Å²) in [5.74, 6) is 1.61. The van der Waals surface area contributed by atoms with Crippen LogP contribution in [0.15, 0.2) is 48.8 Å². The molecule has 0 fully saturated rings. The molecule has 0 atom stereocenters. The predicted octanol–water partition coefficient (Wildman–Crippen LogP) is 4.16. The molecule has 0 saturated heterocycles. The van der Waals surface area contributed by atoms with Crippen molar-refractivity contribution in [1.82, 2.24) is 9.55 Å².